The second-order valence-corrected chi connectivity index (χ2v) is 16.9. The van der Waals surface area contributed by atoms with E-state index in [1.807, 2.05) is 30.3 Å². The molecule has 0 bridgehead atoms. The van der Waals surface area contributed by atoms with Gasteiger partial charge in [0.2, 0.25) is 22.8 Å². The van der Waals surface area contributed by atoms with Gasteiger partial charge in [0, 0.05) is 69.8 Å². The summed E-state index contributed by atoms with van der Waals surface area (Å²) in [5.74, 6) is 4.09. The zero-order valence-corrected chi connectivity index (χ0v) is 37.2. The number of hydrogen-bond donors (Lipinski definition) is 7. The number of aliphatic hydroxyl groups is 3. The molecular weight excluding hydrogens is 755 g/mol. The van der Waals surface area contributed by atoms with E-state index < -0.39 is 5.60 Å². The Balaban J connectivity index is 0.000000353. The number of carbonyl (C=O) groups is 4. The van der Waals surface area contributed by atoms with E-state index >= 15 is 0 Å². The Kier molecular flexibility index (Phi) is 25.9. The summed E-state index contributed by atoms with van der Waals surface area (Å²) in [6, 6.07) is 10.5. The third kappa shape index (κ3) is 15.8. The maximum atomic E-state index is 11.0. The lowest BCUT2D eigenvalue weighted by atomic mass is 9.92. The summed E-state index contributed by atoms with van der Waals surface area (Å²) in [4.78, 5) is 43.8. The quantitative estimate of drug-likeness (QED) is 0.164. The topological polar surface area (TPSA) is 165 Å². The fourth-order valence-electron chi connectivity index (χ4n) is 10.0. The molecule has 6 fully saturated rings. The smallest absolute Gasteiger partial charge is 0.219 e. The number of amides is 3. The van der Waals surface area contributed by atoms with Gasteiger partial charge in [0.05, 0.1) is 5.60 Å². The van der Waals surface area contributed by atoms with Crippen LogP contribution in [0.1, 0.15) is 121 Å². The highest BCUT2D eigenvalue weighted by atomic mass is 32.2. The molecule has 1 aromatic carbocycles. The summed E-state index contributed by atoms with van der Waals surface area (Å²) in [7, 11) is 2.00. The molecule has 0 aromatic heterocycles. The van der Waals surface area contributed by atoms with E-state index in [9.17, 15) is 24.3 Å². The molecule has 10 unspecified atom stereocenters. The third-order valence-corrected chi connectivity index (χ3v) is 13.9. The van der Waals surface area contributed by atoms with Crippen molar-refractivity contribution in [2.75, 3.05) is 33.0 Å². The van der Waals surface area contributed by atoms with Gasteiger partial charge in [-0.2, -0.15) is 24.4 Å². The molecule has 6 aliphatic rings. The lowest BCUT2D eigenvalue weighted by molar-refractivity contribution is -0.120. The monoisotopic (exact) mass is 827 g/mol. The van der Waals surface area contributed by atoms with Crippen molar-refractivity contribution < 1.29 is 34.5 Å². The number of hydrogen-bond acceptors (Lipinski definition) is 10. The molecule has 7 rings (SSSR count). The number of thiol groups is 1. The minimum absolute atomic E-state index is 0.0249. The lowest BCUT2D eigenvalue weighted by Gasteiger charge is -2.30. The first-order chi connectivity index (χ1) is 26.5. The standard InChI is InChI=1S/C11H19NO2S.2C10H17NO.C8H8OS.2CH4O.CH4S/c1-7(13)12-9-5-6-11(14)8(9)3-4-10(11)15-2;2*1-7(12)11-10-6-5-8-3-2-4-9(8)10;1-10-8(9)7-5-3-2-4-6-7;3*1-2/h8-10,14H,3-6H2,1-2H3,(H,12,13);2*8-10H,2-6H2,1H3,(H,11,12);2-6H,1H3;3*2H,1H3. The number of aliphatic hydroxyl groups excluding tert-OH is 2. The number of fused-ring (bicyclic) bond motifs is 3. The van der Waals surface area contributed by atoms with Crippen LogP contribution in [0, 0.1) is 29.6 Å². The number of carbonyl (C=O) groups excluding carboxylic acids is 4. The van der Waals surface area contributed by atoms with Crippen LogP contribution in [0.5, 0.6) is 0 Å². The molecule has 10 nitrogen and oxygen atoms in total. The molecule has 3 amide bonds. The van der Waals surface area contributed by atoms with E-state index in [0.717, 1.165) is 69.1 Å². The van der Waals surface area contributed by atoms with E-state index in [0.29, 0.717) is 17.3 Å². The van der Waals surface area contributed by atoms with Crippen molar-refractivity contribution in [3.05, 3.63) is 35.9 Å². The Labute approximate surface area is 346 Å². The van der Waals surface area contributed by atoms with Gasteiger partial charge in [0.25, 0.3) is 0 Å². The van der Waals surface area contributed by atoms with E-state index in [4.69, 9.17) is 10.2 Å². The molecule has 0 radical (unpaired) electrons. The van der Waals surface area contributed by atoms with Crippen LogP contribution in [0.15, 0.2) is 30.3 Å². The Morgan fingerprint density at radius 3 is 1.51 bits per heavy atom. The van der Waals surface area contributed by atoms with Crippen molar-refractivity contribution >= 4 is 59.0 Å². The van der Waals surface area contributed by atoms with Gasteiger partial charge in [-0.3, -0.25) is 19.2 Å². The summed E-state index contributed by atoms with van der Waals surface area (Å²) in [5.41, 5.74) is 0.252. The van der Waals surface area contributed by atoms with Gasteiger partial charge in [-0.25, -0.2) is 0 Å². The third-order valence-electron chi connectivity index (χ3n) is 12.1. The Hall–Kier alpha value is -1.77. The van der Waals surface area contributed by atoms with Crippen molar-refractivity contribution in [3.63, 3.8) is 0 Å². The molecular formula is C42H73N3O7S3. The minimum Gasteiger partial charge on any atom is -0.400 e. The van der Waals surface area contributed by atoms with E-state index in [1.165, 1.54) is 76.0 Å². The number of nitrogens with one attached hydrogen (secondary N) is 3. The van der Waals surface area contributed by atoms with Gasteiger partial charge in [0.1, 0.15) is 0 Å². The highest BCUT2D eigenvalue weighted by molar-refractivity contribution is 8.13. The molecule has 55 heavy (non-hydrogen) atoms. The normalized spacial score (nSPS) is 31.3. The fraction of sp³-hybridized carbons (Fsp3) is 0.762. The highest BCUT2D eigenvalue weighted by Crippen LogP contribution is 2.51. The second kappa shape index (κ2) is 27.8. The second-order valence-electron chi connectivity index (χ2n) is 15.1. The van der Waals surface area contributed by atoms with Crippen molar-refractivity contribution in [3.8, 4) is 0 Å². The lowest BCUT2D eigenvalue weighted by Crippen LogP contribution is -2.44. The molecule has 0 spiro atoms. The Morgan fingerprint density at radius 2 is 1.09 bits per heavy atom. The van der Waals surface area contributed by atoms with Gasteiger partial charge >= 0.3 is 0 Å². The molecule has 6 saturated carbocycles. The van der Waals surface area contributed by atoms with Gasteiger partial charge in [-0.15, -0.1) is 0 Å². The van der Waals surface area contributed by atoms with Crippen molar-refractivity contribution in [2.45, 2.75) is 140 Å². The first-order valence-corrected chi connectivity index (χ1v) is 23.4. The summed E-state index contributed by atoms with van der Waals surface area (Å²) in [5, 5.41) is 34.2. The number of thioether (sulfide) groups is 2. The molecule has 316 valence electrons. The first kappa shape index (κ1) is 51.2. The molecule has 13 heteroatoms. The maximum absolute atomic E-state index is 11.0. The molecule has 6 aliphatic carbocycles. The van der Waals surface area contributed by atoms with Crippen LogP contribution in [0.25, 0.3) is 0 Å². The average molecular weight is 828 g/mol. The first-order valence-electron chi connectivity index (χ1n) is 20.0. The van der Waals surface area contributed by atoms with Crippen LogP contribution in [-0.2, 0) is 14.4 Å². The van der Waals surface area contributed by atoms with Crippen molar-refractivity contribution in [2.24, 2.45) is 29.6 Å². The van der Waals surface area contributed by atoms with Gasteiger partial charge in [-0.05, 0) is 107 Å². The largest absolute Gasteiger partial charge is 0.400 e. The Bertz CT molecular complexity index is 1220. The van der Waals surface area contributed by atoms with Crippen LogP contribution < -0.4 is 16.0 Å². The number of benzene rings is 1. The van der Waals surface area contributed by atoms with Crippen molar-refractivity contribution in [1.29, 1.82) is 0 Å². The van der Waals surface area contributed by atoms with E-state index in [2.05, 4.69) is 34.8 Å². The van der Waals surface area contributed by atoms with Crippen LogP contribution in [0.3, 0.4) is 0 Å². The molecule has 6 N–H and O–H groups in total. The van der Waals surface area contributed by atoms with E-state index in [-0.39, 0.29) is 34.8 Å². The summed E-state index contributed by atoms with van der Waals surface area (Å²) in [6.45, 7) is 4.81. The van der Waals surface area contributed by atoms with Crippen LogP contribution in [0.4, 0.5) is 0 Å². The minimum atomic E-state index is -0.521. The zero-order valence-electron chi connectivity index (χ0n) is 34.7. The molecule has 1 aromatic rings. The fourth-order valence-corrected chi connectivity index (χ4v) is 11.4. The van der Waals surface area contributed by atoms with Crippen molar-refractivity contribution in [1.82, 2.24) is 16.0 Å². The summed E-state index contributed by atoms with van der Waals surface area (Å²) >= 11 is 6.53. The molecule has 0 aliphatic heterocycles. The number of rotatable bonds is 5. The molecule has 10 atom stereocenters. The van der Waals surface area contributed by atoms with Crippen LogP contribution >= 0.6 is 36.2 Å². The molecule has 0 saturated heterocycles. The predicted octanol–water partition coefficient (Wildman–Crippen LogP) is 6.51. The zero-order chi connectivity index (χ0) is 41.6. The van der Waals surface area contributed by atoms with E-state index in [1.54, 1.807) is 45.0 Å². The van der Waals surface area contributed by atoms with Gasteiger partial charge < -0.3 is 31.3 Å². The maximum Gasteiger partial charge on any atom is 0.219 e. The summed E-state index contributed by atoms with van der Waals surface area (Å²) < 4.78 is 0. The SMILES string of the molecule is CC(=O)NC1CCC2CCCC21.CC(=O)NC1CCC2CCCC21.CO.CO.CS.CSC(=O)c1ccccc1.CSC1CCC2C(NC(C)=O)CCC12O. The van der Waals surface area contributed by atoms with Crippen LogP contribution in [0.2, 0.25) is 0 Å². The average Bonchev–Trinajstić information content (AvgIpc) is 4.05. The van der Waals surface area contributed by atoms with Gasteiger partial charge in [-0.1, -0.05) is 67.8 Å². The summed E-state index contributed by atoms with van der Waals surface area (Å²) in [6.07, 6.45) is 22.8. The Morgan fingerprint density at radius 1 is 0.636 bits per heavy atom. The van der Waals surface area contributed by atoms with Crippen LogP contribution in [-0.4, -0.2) is 100 Å². The van der Waals surface area contributed by atoms with Gasteiger partial charge in [0.15, 0.2) is 0 Å². The predicted molar refractivity (Wildman–Crippen MR) is 233 cm³/mol. The molecule has 0 heterocycles. The highest BCUT2D eigenvalue weighted by Gasteiger charge is 2.55.